The van der Waals surface area contributed by atoms with Crippen molar-refractivity contribution in [2.75, 3.05) is 26.9 Å². The van der Waals surface area contributed by atoms with Gasteiger partial charge in [0.15, 0.2) is 5.96 Å². The first-order chi connectivity index (χ1) is 15.7. The minimum atomic E-state index is 0. The number of aliphatic imine (C=N–C) groups is 1. The Morgan fingerprint density at radius 2 is 1.97 bits per heavy atom. The molecule has 2 N–H and O–H groups in total. The van der Waals surface area contributed by atoms with Gasteiger partial charge in [0.1, 0.15) is 5.75 Å². The number of guanidine groups is 1. The van der Waals surface area contributed by atoms with Gasteiger partial charge in [0.05, 0.1) is 31.1 Å². The van der Waals surface area contributed by atoms with E-state index in [9.17, 15) is 0 Å². The van der Waals surface area contributed by atoms with E-state index in [1.807, 2.05) is 47.3 Å². The molecule has 1 saturated heterocycles. The van der Waals surface area contributed by atoms with Crippen molar-refractivity contribution in [3.8, 4) is 11.4 Å². The predicted octanol–water partition coefficient (Wildman–Crippen LogP) is 4.08. The van der Waals surface area contributed by atoms with Crippen molar-refractivity contribution in [2.45, 2.75) is 26.4 Å². The number of rotatable bonds is 8. The molecule has 0 aliphatic carbocycles. The normalized spacial score (nSPS) is 15.7. The lowest BCUT2D eigenvalue weighted by atomic mass is 10.1. The van der Waals surface area contributed by atoms with Crippen LogP contribution in [0.15, 0.2) is 65.8 Å². The van der Waals surface area contributed by atoms with Crippen LogP contribution in [0.2, 0.25) is 0 Å². The molecule has 3 aromatic rings. The topological polar surface area (TPSA) is 72.7 Å². The second-order valence-electron chi connectivity index (χ2n) is 8.02. The van der Waals surface area contributed by atoms with E-state index in [0.717, 1.165) is 48.3 Å². The Bertz CT molecular complexity index is 1030. The third-order valence-corrected chi connectivity index (χ3v) is 5.49. The summed E-state index contributed by atoms with van der Waals surface area (Å²) in [4.78, 5) is 4.34. The standard InChI is InChI=1S/C25H31N5O2.HI/c1-19-8-9-21(24(14-19)32-18-20-11-13-31-17-20)15-27-25(26-2)28-16-22-10-12-30(29-22)23-6-4-3-5-7-23;/h3-10,12,14,20H,11,13,15-18H2,1-2H3,(H2,26,27,28);1H. The van der Waals surface area contributed by atoms with Crippen molar-refractivity contribution in [2.24, 2.45) is 10.9 Å². The number of aryl methyl sites for hydroxylation is 1. The average molecular weight is 561 g/mol. The van der Waals surface area contributed by atoms with Gasteiger partial charge in [-0.2, -0.15) is 5.10 Å². The highest BCUT2D eigenvalue weighted by molar-refractivity contribution is 14.0. The van der Waals surface area contributed by atoms with Crippen LogP contribution in [0, 0.1) is 12.8 Å². The first-order valence-corrected chi connectivity index (χ1v) is 11.1. The number of nitrogens with zero attached hydrogens (tertiary/aromatic N) is 3. The molecule has 1 aliphatic rings. The van der Waals surface area contributed by atoms with Gasteiger partial charge in [-0.25, -0.2) is 4.68 Å². The van der Waals surface area contributed by atoms with Crippen molar-refractivity contribution < 1.29 is 9.47 Å². The Hall–Kier alpha value is -2.59. The van der Waals surface area contributed by atoms with Gasteiger partial charge in [-0.15, -0.1) is 24.0 Å². The Morgan fingerprint density at radius 1 is 1.15 bits per heavy atom. The summed E-state index contributed by atoms with van der Waals surface area (Å²) in [5, 5.41) is 11.3. The van der Waals surface area contributed by atoms with Crippen molar-refractivity contribution in [1.82, 2.24) is 20.4 Å². The lowest BCUT2D eigenvalue weighted by Crippen LogP contribution is -2.36. The summed E-state index contributed by atoms with van der Waals surface area (Å²) in [6, 6.07) is 18.4. The molecule has 1 aliphatic heterocycles. The van der Waals surface area contributed by atoms with Gasteiger partial charge in [0.25, 0.3) is 0 Å². The second-order valence-corrected chi connectivity index (χ2v) is 8.02. The molecule has 0 saturated carbocycles. The molecule has 1 unspecified atom stereocenters. The monoisotopic (exact) mass is 561 g/mol. The van der Waals surface area contributed by atoms with Crippen LogP contribution in [0.3, 0.4) is 0 Å². The van der Waals surface area contributed by atoms with Crippen LogP contribution in [0.4, 0.5) is 0 Å². The molecular formula is C25H32IN5O2. The second kappa shape index (κ2) is 12.6. The van der Waals surface area contributed by atoms with Crippen LogP contribution >= 0.6 is 24.0 Å². The van der Waals surface area contributed by atoms with E-state index in [-0.39, 0.29) is 24.0 Å². The number of hydrogen-bond acceptors (Lipinski definition) is 4. The molecule has 1 aromatic heterocycles. The van der Waals surface area contributed by atoms with Crippen LogP contribution in [0.1, 0.15) is 23.2 Å². The zero-order valence-corrected chi connectivity index (χ0v) is 21.5. The molecule has 0 bridgehead atoms. The summed E-state index contributed by atoms with van der Waals surface area (Å²) in [5.74, 6) is 2.11. The van der Waals surface area contributed by atoms with Gasteiger partial charge in [0.2, 0.25) is 0 Å². The molecule has 1 atom stereocenters. The van der Waals surface area contributed by atoms with Crippen molar-refractivity contribution >= 4 is 29.9 Å². The highest BCUT2D eigenvalue weighted by Crippen LogP contribution is 2.22. The minimum absolute atomic E-state index is 0. The van der Waals surface area contributed by atoms with Crippen LogP contribution in [0.25, 0.3) is 5.69 Å². The Kier molecular flexibility index (Phi) is 9.56. The molecular weight excluding hydrogens is 529 g/mol. The zero-order chi connectivity index (χ0) is 22.2. The molecule has 33 heavy (non-hydrogen) atoms. The van der Waals surface area contributed by atoms with Gasteiger partial charge in [-0.3, -0.25) is 4.99 Å². The third kappa shape index (κ3) is 7.20. The number of ether oxygens (including phenoxy) is 2. The maximum absolute atomic E-state index is 6.15. The van der Waals surface area contributed by atoms with Gasteiger partial charge in [-0.05, 0) is 43.2 Å². The first kappa shape index (κ1) is 25.0. The number of nitrogens with one attached hydrogen (secondary N) is 2. The van der Waals surface area contributed by atoms with Gasteiger partial charge in [0, 0.05) is 37.9 Å². The summed E-state index contributed by atoms with van der Waals surface area (Å²) in [6.07, 6.45) is 3.03. The summed E-state index contributed by atoms with van der Waals surface area (Å²) in [5.41, 5.74) is 4.26. The molecule has 0 amide bonds. The highest BCUT2D eigenvalue weighted by Gasteiger charge is 2.17. The summed E-state index contributed by atoms with van der Waals surface area (Å²) >= 11 is 0. The Labute approximate surface area is 212 Å². The van der Waals surface area contributed by atoms with Crippen molar-refractivity contribution in [3.05, 3.63) is 77.6 Å². The Morgan fingerprint density at radius 3 is 2.73 bits per heavy atom. The minimum Gasteiger partial charge on any atom is -0.493 e. The maximum Gasteiger partial charge on any atom is 0.191 e. The molecule has 176 valence electrons. The third-order valence-electron chi connectivity index (χ3n) is 5.49. The number of hydrogen-bond donors (Lipinski definition) is 2. The molecule has 0 spiro atoms. The SMILES string of the molecule is CN=C(NCc1ccn(-c2ccccc2)n1)NCc1ccc(C)cc1OCC1CCOC1.I. The fourth-order valence-electron chi connectivity index (χ4n) is 3.62. The van der Waals surface area contributed by atoms with Crippen LogP contribution in [-0.4, -0.2) is 42.6 Å². The number of para-hydroxylation sites is 1. The molecule has 2 aromatic carbocycles. The van der Waals surface area contributed by atoms with E-state index in [1.165, 1.54) is 5.56 Å². The average Bonchev–Trinajstić information content (AvgIpc) is 3.52. The molecule has 0 radical (unpaired) electrons. The van der Waals surface area contributed by atoms with Gasteiger partial charge < -0.3 is 20.1 Å². The summed E-state index contributed by atoms with van der Waals surface area (Å²) < 4.78 is 13.5. The van der Waals surface area contributed by atoms with Crippen LogP contribution in [-0.2, 0) is 17.8 Å². The number of halogens is 1. The predicted molar refractivity (Wildman–Crippen MR) is 142 cm³/mol. The van der Waals surface area contributed by atoms with E-state index in [0.29, 0.717) is 25.6 Å². The lowest BCUT2D eigenvalue weighted by Gasteiger charge is -2.16. The summed E-state index contributed by atoms with van der Waals surface area (Å²) in [7, 11) is 1.77. The van der Waals surface area contributed by atoms with Crippen molar-refractivity contribution in [1.29, 1.82) is 0 Å². The van der Waals surface area contributed by atoms with E-state index >= 15 is 0 Å². The Balaban J connectivity index is 0.00000306. The number of benzene rings is 2. The van der Waals surface area contributed by atoms with Crippen LogP contribution in [0.5, 0.6) is 5.75 Å². The van der Waals surface area contributed by atoms with Gasteiger partial charge in [-0.1, -0.05) is 30.3 Å². The summed E-state index contributed by atoms with van der Waals surface area (Å²) in [6.45, 7) is 5.59. The quantitative estimate of drug-likeness (QED) is 0.247. The number of aromatic nitrogens is 2. The van der Waals surface area contributed by atoms with Crippen molar-refractivity contribution in [3.63, 3.8) is 0 Å². The smallest absolute Gasteiger partial charge is 0.191 e. The molecule has 7 nitrogen and oxygen atoms in total. The fraction of sp³-hybridized carbons (Fsp3) is 0.360. The molecule has 4 rings (SSSR count). The largest absolute Gasteiger partial charge is 0.493 e. The van der Waals surface area contributed by atoms with E-state index < -0.39 is 0 Å². The highest BCUT2D eigenvalue weighted by atomic mass is 127. The van der Waals surface area contributed by atoms with Crippen LogP contribution < -0.4 is 15.4 Å². The lowest BCUT2D eigenvalue weighted by molar-refractivity contribution is 0.166. The van der Waals surface area contributed by atoms with E-state index in [1.54, 1.807) is 7.05 Å². The fourth-order valence-corrected chi connectivity index (χ4v) is 3.62. The van der Waals surface area contributed by atoms with Gasteiger partial charge >= 0.3 is 0 Å². The molecule has 2 heterocycles. The van der Waals surface area contributed by atoms with E-state index in [4.69, 9.17) is 9.47 Å². The zero-order valence-electron chi connectivity index (χ0n) is 19.2. The molecule has 1 fully saturated rings. The molecule has 8 heteroatoms. The van der Waals surface area contributed by atoms with E-state index in [2.05, 4.69) is 45.8 Å². The maximum atomic E-state index is 6.15. The first-order valence-electron chi connectivity index (χ1n) is 11.1.